The highest BCUT2D eigenvalue weighted by Gasteiger charge is 2.11. The molecule has 0 spiro atoms. The third kappa shape index (κ3) is 3.54. The Morgan fingerprint density at radius 1 is 1.30 bits per heavy atom. The lowest BCUT2D eigenvalue weighted by atomic mass is 10.2. The van der Waals surface area contributed by atoms with Gasteiger partial charge in [0.2, 0.25) is 5.95 Å². The van der Waals surface area contributed by atoms with Gasteiger partial charge in [0.1, 0.15) is 5.75 Å². The largest absolute Gasteiger partial charge is 0.489 e. The summed E-state index contributed by atoms with van der Waals surface area (Å²) >= 11 is 0. The van der Waals surface area contributed by atoms with Gasteiger partial charge in [-0.25, -0.2) is 4.98 Å². The zero-order chi connectivity index (χ0) is 14.5. The number of ether oxygens (including phenoxy) is 1. The van der Waals surface area contributed by atoms with Gasteiger partial charge >= 0.3 is 0 Å². The summed E-state index contributed by atoms with van der Waals surface area (Å²) < 4.78 is 18.6. The van der Waals surface area contributed by atoms with Crippen LogP contribution >= 0.6 is 0 Å². The molecule has 104 valence electrons. The van der Waals surface area contributed by atoms with Crippen LogP contribution in [0.4, 0.5) is 10.1 Å². The fraction of sp³-hybridized carbons (Fsp3) is 0.200. The topological polar surface area (TPSA) is 51.2 Å². The van der Waals surface area contributed by atoms with Gasteiger partial charge in [0.05, 0.1) is 11.8 Å². The fourth-order valence-electron chi connectivity index (χ4n) is 1.66. The molecule has 0 aliphatic heterocycles. The number of carbonyl (C=O) groups is 1. The predicted molar refractivity (Wildman–Crippen MR) is 74.4 cm³/mol. The van der Waals surface area contributed by atoms with E-state index in [-0.39, 0.29) is 11.7 Å². The molecule has 1 heterocycles. The van der Waals surface area contributed by atoms with Gasteiger partial charge in [-0.15, -0.1) is 0 Å². The van der Waals surface area contributed by atoms with Crippen LogP contribution in [-0.4, -0.2) is 17.0 Å². The van der Waals surface area contributed by atoms with E-state index >= 15 is 0 Å². The molecule has 0 aliphatic rings. The van der Waals surface area contributed by atoms with Crippen LogP contribution < -0.4 is 10.1 Å². The van der Waals surface area contributed by atoms with Crippen LogP contribution in [0.1, 0.15) is 24.2 Å². The average Bonchev–Trinajstić information content (AvgIpc) is 2.40. The second kappa shape index (κ2) is 6.14. The van der Waals surface area contributed by atoms with Gasteiger partial charge in [0, 0.05) is 17.8 Å². The minimum absolute atomic E-state index is 0.00794. The number of hydrogen-bond donors (Lipinski definition) is 1. The van der Waals surface area contributed by atoms with Crippen molar-refractivity contribution in [3.05, 3.63) is 54.1 Å². The van der Waals surface area contributed by atoms with E-state index in [0.29, 0.717) is 11.4 Å². The van der Waals surface area contributed by atoms with Crippen LogP contribution in [0.25, 0.3) is 0 Å². The van der Waals surface area contributed by atoms with Crippen molar-refractivity contribution in [2.24, 2.45) is 0 Å². The molecule has 2 rings (SSSR count). The molecular weight excluding hydrogens is 259 g/mol. The van der Waals surface area contributed by atoms with E-state index in [4.69, 9.17) is 4.74 Å². The number of pyridine rings is 1. The van der Waals surface area contributed by atoms with Crippen LogP contribution in [0.3, 0.4) is 0 Å². The number of aromatic nitrogens is 1. The zero-order valence-corrected chi connectivity index (χ0v) is 11.3. The Hall–Kier alpha value is -2.43. The number of hydrogen-bond acceptors (Lipinski definition) is 3. The first kappa shape index (κ1) is 14.0. The van der Waals surface area contributed by atoms with Crippen LogP contribution in [0.15, 0.2) is 42.6 Å². The van der Waals surface area contributed by atoms with Crippen molar-refractivity contribution in [3.8, 4) is 5.75 Å². The minimum atomic E-state index is -0.690. The Labute approximate surface area is 116 Å². The number of amides is 1. The van der Waals surface area contributed by atoms with Gasteiger partial charge in [-0.1, -0.05) is 12.1 Å². The van der Waals surface area contributed by atoms with E-state index in [2.05, 4.69) is 10.3 Å². The van der Waals surface area contributed by atoms with Crippen LogP contribution in [-0.2, 0) is 0 Å². The third-order valence-electron chi connectivity index (χ3n) is 2.49. The maximum atomic E-state index is 13.0. The molecule has 0 unspecified atom stereocenters. The normalized spacial score (nSPS) is 10.4. The summed E-state index contributed by atoms with van der Waals surface area (Å²) in [6, 6.07) is 9.64. The Bertz CT molecular complexity index is 614. The summed E-state index contributed by atoms with van der Waals surface area (Å²) in [6.45, 7) is 3.80. The maximum absolute atomic E-state index is 13.0. The Kier molecular flexibility index (Phi) is 4.30. The standard InChI is InChI=1S/C15H15FN2O2/c1-10(2)20-13-6-4-3-5-12(13)18-15(19)11-7-8-17-14(16)9-11/h3-10H,1-2H3,(H,18,19). The van der Waals surface area contributed by atoms with E-state index < -0.39 is 11.9 Å². The molecule has 0 aliphatic carbocycles. The molecule has 1 amide bonds. The molecular formula is C15H15FN2O2. The summed E-state index contributed by atoms with van der Waals surface area (Å²) in [5, 5.41) is 2.70. The lowest BCUT2D eigenvalue weighted by Crippen LogP contribution is -2.14. The highest BCUT2D eigenvalue weighted by molar-refractivity contribution is 6.04. The number of anilines is 1. The van der Waals surface area contributed by atoms with Crippen LogP contribution in [0.2, 0.25) is 0 Å². The van der Waals surface area contributed by atoms with Gasteiger partial charge in [-0.2, -0.15) is 4.39 Å². The van der Waals surface area contributed by atoms with Crippen LogP contribution in [0.5, 0.6) is 5.75 Å². The highest BCUT2D eigenvalue weighted by atomic mass is 19.1. The molecule has 0 atom stereocenters. The number of para-hydroxylation sites is 2. The van der Waals surface area contributed by atoms with E-state index in [1.165, 1.54) is 12.3 Å². The highest BCUT2D eigenvalue weighted by Crippen LogP contribution is 2.25. The Morgan fingerprint density at radius 2 is 2.05 bits per heavy atom. The van der Waals surface area contributed by atoms with Gasteiger partial charge in [0.15, 0.2) is 0 Å². The van der Waals surface area contributed by atoms with Gasteiger partial charge in [0.25, 0.3) is 5.91 Å². The molecule has 1 N–H and O–H groups in total. The lowest BCUT2D eigenvalue weighted by Gasteiger charge is -2.14. The molecule has 0 radical (unpaired) electrons. The number of nitrogens with zero attached hydrogens (tertiary/aromatic N) is 1. The van der Waals surface area contributed by atoms with Gasteiger partial charge in [-0.3, -0.25) is 4.79 Å². The molecule has 20 heavy (non-hydrogen) atoms. The fourth-order valence-corrected chi connectivity index (χ4v) is 1.66. The van der Waals surface area contributed by atoms with Crippen molar-refractivity contribution in [3.63, 3.8) is 0 Å². The average molecular weight is 274 g/mol. The smallest absolute Gasteiger partial charge is 0.255 e. The summed E-state index contributed by atoms with van der Waals surface area (Å²) in [5.74, 6) is -0.527. The number of carbonyl (C=O) groups excluding carboxylic acids is 1. The molecule has 5 heteroatoms. The number of benzene rings is 1. The molecule has 0 fully saturated rings. The van der Waals surface area contributed by atoms with Gasteiger partial charge < -0.3 is 10.1 Å². The molecule has 0 saturated carbocycles. The number of halogens is 1. The summed E-state index contributed by atoms with van der Waals surface area (Å²) in [4.78, 5) is 15.5. The summed E-state index contributed by atoms with van der Waals surface area (Å²) in [6.07, 6.45) is 1.24. The van der Waals surface area contributed by atoms with Crippen molar-refractivity contribution < 1.29 is 13.9 Å². The molecule has 2 aromatic rings. The molecule has 1 aromatic heterocycles. The van der Waals surface area contributed by atoms with E-state index in [1.807, 2.05) is 19.9 Å². The SMILES string of the molecule is CC(C)Oc1ccccc1NC(=O)c1ccnc(F)c1. The molecule has 4 nitrogen and oxygen atoms in total. The number of rotatable bonds is 4. The van der Waals surface area contributed by atoms with Crippen molar-refractivity contribution >= 4 is 11.6 Å². The van der Waals surface area contributed by atoms with Crippen LogP contribution in [0, 0.1) is 5.95 Å². The predicted octanol–water partition coefficient (Wildman–Crippen LogP) is 3.26. The minimum Gasteiger partial charge on any atom is -0.489 e. The van der Waals surface area contributed by atoms with Crippen molar-refractivity contribution in [1.29, 1.82) is 0 Å². The van der Waals surface area contributed by atoms with Crippen molar-refractivity contribution in [2.75, 3.05) is 5.32 Å². The third-order valence-corrected chi connectivity index (χ3v) is 2.49. The van der Waals surface area contributed by atoms with E-state index in [0.717, 1.165) is 6.07 Å². The number of nitrogens with one attached hydrogen (secondary N) is 1. The van der Waals surface area contributed by atoms with Crippen molar-refractivity contribution in [1.82, 2.24) is 4.98 Å². The maximum Gasteiger partial charge on any atom is 0.255 e. The lowest BCUT2D eigenvalue weighted by molar-refractivity contribution is 0.102. The first-order chi connectivity index (χ1) is 9.56. The van der Waals surface area contributed by atoms with Crippen molar-refractivity contribution in [2.45, 2.75) is 20.0 Å². The van der Waals surface area contributed by atoms with E-state index in [9.17, 15) is 9.18 Å². The molecule has 0 saturated heterocycles. The summed E-state index contributed by atoms with van der Waals surface area (Å²) in [5.41, 5.74) is 0.750. The first-order valence-electron chi connectivity index (χ1n) is 6.25. The van der Waals surface area contributed by atoms with E-state index in [1.54, 1.807) is 18.2 Å². The van der Waals surface area contributed by atoms with Gasteiger partial charge in [-0.05, 0) is 32.0 Å². The quantitative estimate of drug-likeness (QED) is 0.871. The monoisotopic (exact) mass is 274 g/mol. The second-order valence-corrected chi connectivity index (χ2v) is 4.48. The summed E-state index contributed by atoms with van der Waals surface area (Å²) in [7, 11) is 0. The Morgan fingerprint density at radius 3 is 2.75 bits per heavy atom. The second-order valence-electron chi connectivity index (χ2n) is 4.48. The first-order valence-corrected chi connectivity index (χ1v) is 6.25. The zero-order valence-electron chi connectivity index (χ0n) is 11.3. The molecule has 1 aromatic carbocycles. The molecule has 0 bridgehead atoms. The Balaban J connectivity index is 2.19.